The molecule has 1 aromatic heterocycles. The van der Waals surface area contributed by atoms with Crippen molar-refractivity contribution in [3.8, 4) is 0 Å². The summed E-state index contributed by atoms with van der Waals surface area (Å²) >= 11 is 0. The summed E-state index contributed by atoms with van der Waals surface area (Å²) in [5.74, 6) is 2.99. The minimum absolute atomic E-state index is 0.879. The lowest BCUT2D eigenvalue weighted by Gasteiger charge is -1.99. The summed E-state index contributed by atoms with van der Waals surface area (Å²) in [6, 6.07) is 4.05. The standard InChI is InChI=1S/C10H15NO/c1-8-2-5-10(12-8)7-11-6-9-3-4-9/h2,5,9,11H,3-4,6-7H2,1H3. The lowest BCUT2D eigenvalue weighted by molar-refractivity contribution is 0.459. The molecule has 0 atom stereocenters. The van der Waals surface area contributed by atoms with Gasteiger partial charge in [0, 0.05) is 0 Å². The predicted octanol–water partition coefficient (Wildman–Crippen LogP) is 2.09. The highest BCUT2D eigenvalue weighted by atomic mass is 16.3. The summed E-state index contributed by atoms with van der Waals surface area (Å²) in [5, 5.41) is 3.38. The van der Waals surface area contributed by atoms with Crippen LogP contribution in [0.4, 0.5) is 0 Å². The molecular weight excluding hydrogens is 150 g/mol. The molecule has 0 aliphatic heterocycles. The van der Waals surface area contributed by atoms with Crippen LogP contribution in [0.1, 0.15) is 24.4 Å². The van der Waals surface area contributed by atoms with Gasteiger partial charge in [-0.05, 0) is 44.4 Å². The van der Waals surface area contributed by atoms with Gasteiger partial charge in [-0.15, -0.1) is 0 Å². The van der Waals surface area contributed by atoms with E-state index in [2.05, 4.69) is 5.32 Å². The fourth-order valence-corrected chi connectivity index (χ4v) is 1.30. The number of hydrogen-bond acceptors (Lipinski definition) is 2. The maximum Gasteiger partial charge on any atom is 0.117 e. The molecular formula is C10H15NO. The van der Waals surface area contributed by atoms with E-state index in [-0.39, 0.29) is 0 Å². The Labute approximate surface area is 73.0 Å². The average Bonchev–Trinajstić information content (AvgIpc) is 2.76. The van der Waals surface area contributed by atoms with E-state index in [0.29, 0.717) is 0 Å². The van der Waals surface area contributed by atoms with Gasteiger partial charge in [-0.3, -0.25) is 0 Å². The molecule has 66 valence electrons. The predicted molar refractivity (Wildman–Crippen MR) is 47.9 cm³/mol. The van der Waals surface area contributed by atoms with Gasteiger partial charge in [0.05, 0.1) is 6.54 Å². The average molecular weight is 165 g/mol. The van der Waals surface area contributed by atoms with Crippen LogP contribution in [0.3, 0.4) is 0 Å². The zero-order chi connectivity index (χ0) is 8.39. The Morgan fingerprint density at radius 2 is 2.33 bits per heavy atom. The number of nitrogens with one attached hydrogen (secondary N) is 1. The molecule has 0 saturated heterocycles. The Hall–Kier alpha value is -0.760. The summed E-state index contributed by atoms with van der Waals surface area (Å²) in [7, 11) is 0. The van der Waals surface area contributed by atoms with Gasteiger partial charge in [0.15, 0.2) is 0 Å². The first-order valence-electron chi connectivity index (χ1n) is 4.60. The summed E-state index contributed by atoms with van der Waals surface area (Å²) in [5.41, 5.74) is 0. The van der Waals surface area contributed by atoms with Crippen LogP contribution in [0, 0.1) is 12.8 Å². The highest BCUT2D eigenvalue weighted by Crippen LogP contribution is 2.27. The van der Waals surface area contributed by atoms with Crippen molar-refractivity contribution in [2.45, 2.75) is 26.3 Å². The molecule has 0 unspecified atom stereocenters. The van der Waals surface area contributed by atoms with Gasteiger partial charge < -0.3 is 9.73 Å². The molecule has 0 bridgehead atoms. The Kier molecular flexibility index (Phi) is 2.17. The molecule has 0 amide bonds. The number of rotatable bonds is 4. The first-order chi connectivity index (χ1) is 5.84. The smallest absolute Gasteiger partial charge is 0.117 e. The Morgan fingerprint density at radius 3 is 2.92 bits per heavy atom. The molecule has 1 saturated carbocycles. The SMILES string of the molecule is Cc1ccc(CNCC2CC2)o1. The lowest BCUT2D eigenvalue weighted by atomic mass is 10.4. The maximum absolute atomic E-state index is 5.42. The molecule has 1 aromatic rings. The number of furan rings is 1. The molecule has 2 heteroatoms. The third kappa shape index (κ3) is 2.11. The van der Waals surface area contributed by atoms with Crippen molar-refractivity contribution in [1.82, 2.24) is 5.32 Å². The van der Waals surface area contributed by atoms with Gasteiger partial charge in [-0.1, -0.05) is 0 Å². The molecule has 0 radical (unpaired) electrons. The van der Waals surface area contributed by atoms with Crippen LogP contribution in [0.15, 0.2) is 16.5 Å². The van der Waals surface area contributed by atoms with Crippen LogP contribution < -0.4 is 5.32 Å². The topological polar surface area (TPSA) is 25.2 Å². The van der Waals surface area contributed by atoms with Crippen molar-refractivity contribution in [3.63, 3.8) is 0 Å². The van der Waals surface area contributed by atoms with Crippen molar-refractivity contribution >= 4 is 0 Å². The van der Waals surface area contributed by atoms with Crippen LogP contribution >= 0.6 is 0 Å². The van der Waals surface area contributed by atoms with E-state index in [1.165, 1.54) is 12.8 Å². The van der Waals surface area contributed by atoms with Crippen LogP contribution in [0.2, 0.25) is 0 Å². The lowest BCUT2D eigenvalue weighted by Crippen LogP contribution is -2.15. The molecule has 1 heterocycles. The van der Waals surface area contributed by atoms with E-state index in [4.69, 9.17) is 4.42 Å². The van der Waals surface area contributed by atoms with Crippen molar-refractivity contribution in [1.29, 1.82) is 0 Å². The minimum Gasteiger partial charge on any atom is -0.465 e. The maximum atomic E-state index is 5.42. The van der Waals surface area contributed by atoms with E-state index in [1.807, 2.05) is 19.1 Å². The molecule has 0 spiro atoms. The third-order valence-electron chi connectivity index (χ3n) is 2.23. The van der Waals surface area contributed by atoms with Crippen LogP contribution in [0.25, 0.3) is 0 Å². The Balaban J connectivity index is 1.71. The molecule has 12 heavy (non-hydrogen) atoms. The fraction of sp³-hybridized carbons (Fsp3) is 0.600. The van der Waals surface area contributed by atoms with Crippen molar-refractivity contribution in [2.75, 3.05) is 6.54 Å². The molecule has 0 aromatic carbocycles. The number of aryl methyl sites for hydroxylation is 1. The normalized spacial score (nSPS) is 16.8. The quantitative estimate of drug-likeness (QED) is 0.739. The second-order valence-electron chi connectivity index (χ2n) is 3.59. The summed E-state index contributed by atoms with van der Waals surface area (Å²) < 4.78 is 5.42. The van der Waals surface area contributed by atoms with E-state index in [0.717, 1.165) is 30.5 Å². The van der Waals surface area contributed by atoms with Gasteiger partial charge in [0.1, 0.15) is 11.5 Å². The highest BCUT2D eigenvalue weighted by Gasteiger charge is 2.20. The molecule has 1 fully saturated rings. The van der Waals surface area contributed by atoms with Crippen molar-refractivity contribution in [3.05, 3.63) is 23.7 Å². The minimum atomic E-state index is 0.879. The largest absolute Gasteiger partial charge is 0.465 e. The molecule has 2 nitrogen and oxygen atoms in total. The van der Waals surface area contributed by atoms with Gasteiger partial charge in [0.25, 0.3) is 0 Å². The number of hydrogen-bond donors (Lipinski definition) is 1. The zero-order valence-electron chi connectivity index (χ0n) is 7.47. The van der Waals surface area contributed by atoms with Gasteiger partial charge >= 0.3 is 0 Å². The van der Waals surface area contributed by atoms with E-state index < -0.39 is 0 Å². The van der Waals surface area contributed by atoms with E-state index in [1.54, 1.807) is 0 Å². The van der Waals surface area contributed by atoms with Gasteiger partial charge in [-0.2, -0.15) is 0 Å². The monoisotopic (exact) mass is 165 g/mol. The molecule has 2 rings (SSSR count). The Bertz CT molecular complexity index is 250. The summed E-state index contributed by atoms with van der Waals surface area (Å²) in [4.78, 5) is 0. The second kappa shape index (κ2) is 3.31. The summed E-state index contributed by atoms with van der Waals surface area (Å²) in [6.45, 7) is 4.01. The van der Waals surface area contributed by atoms with Crippen LogP contribution in [-0.4, -0.2) is 6.54 Å². The van der Waals surface area contributed by atoms with Crippen molar-refractivity contribution < 1.29 is 4.42 Å². The van der Waals surface area contributed by atoms with Crippen molar-refractivity contribution in [2.24, 2.45) is 5.92 Å². The fourth-order valence-electron chi connectivity index (χ4n) is 1.30. The first-order valence-corrected chi connectivity index (χ1v) is 4.60. The second-order valence-corrected chi connectivity index (χ2v) is 3.59. The van der Waals surface area contributed by atoms with E-state index in [9.17, 15) is 0 Å². The molecule has 1 aliphatic carbocycles. The van der Waals surface area contributed by atoms with Gasteiger partial charge in [-0.25, -0.2) is 0 Å². The zero-order valence-corrected chi connectivity index (χ0v) is 7.47. The van der Waals surface area contributed by atoms with Crippen LogP contribution in [-0.2, 0) is 6.54 Å². The van der Waals surface area contributed by atoms with Gasteiger partial charge in [0.2, 0.25) is 0 Å². The highest BCUT2D eigenvalue weighted by molar-refractivity contribution is 5.05. The van der Waals surface area contributed by atoms with E-state index >= 15 is 0 Å². The first kappa shape index (κ1) is 7.87. The Morgan fingerprint density at radius 1 is 1.50 bits per heavy atom. The van der Waals surface area contributed by atoms with Crippen LogP contribution in [0.5, 0.6) is 0 Å². The molecule has 1 aliphatic rings. The third-order valence-corrected chi connectivity index (χ3v) is 2.23. The molecule has 1 N–H and O–H groups in total. The summed E-state index contributed by atoms with van der Waals surface area (Å²) in [6.07, 6.45) is 2.81.